The number of aromatic nitrogens is 2. The second kappa shape index (κ2) is 8.62. The standard InChI is InChI=1S/C22H23N5O2S/c1-14-8-10-16(11-9-14)23-19(28)21-26-25-20(30-21)18-7-4-12-27(18)22(29)24-17-6-3-5-15(2)13-17/h3,5-6,8-11,13,18H,4,7,12H2,1-2H3,(H,23,28)(H,24,29)/t18-/m0/s1. The number of benzene rings is 2. The Hall–Kier alpha value is -3.26. The largest absolute Gasteiger partial charge is 0.322 e. The van der Waals surface area contributed by atoms with E-state index in [0.29, 0.717) is 17.2 Å². The van der Waals surface area contributed by atoms with Gasteiger partial charge in [0.15, 0.2) is 0 Å². The smallest absolute Gasteiger partial charge is 0.320 e. The quantitative estimate of drug-likeness (QED) is 0.635. The van der Waals surface area contributed by atoms with Gasteiger partial charge >= 0.3 is 6.03 Å². The maximum absolute atomic E-state index is 12.8. The van der Waals surface area contributed by atoms with Crippen molar-refractivity contribution in [1.29, 1.82) is 0 Å². The number of nitrogens with zero attached hydrogens (tertiary/aromatic N) is 3. The molecule has 0 saturated carbocycles. The first-order valence-corrected chi connectivity index (χ1v) is 10.7. The first-order valence-electron chi connectivity index (χ1n) is 9.85. The van der Waals surface area contributed by atoms with Gasteiger partial charge in [0, 0.05) is 17.9 Å². The zero-order valence-corrected chi connectivity index (χ0v) is 17.7. The molecular weight excluding hydrogens is 398 g/mol. The Morgan fingerprint density at radius 3 is 2.57 bits per heavy atom. The number of carbonyl (C=O) groups excluding carboxylic acids is 2. The molecule has 154 valence electrons. The number of rotatable bonds is 4. The number of carbonyl (C=O) groups is 2. The fourth-order valence-corrected chi connectivity index (χ4v) is 4.35. The minimum atomic E-state index is -0.295. The minimum absolute atomic E-state index is 0.163. The molecule has 0 spiro atoms. The molecule has 1 atom stereocenters. The number of hydrogen-bond acceptors (Lipinski definition) is 5. The van der Waals surface area contributed by atoms with Crippen LogP contribution in [0.2, 0.25) is 0 Å². The molecule has 1 aromatic heterocycles. The summed E-state index contributed by atoms with van der Waals surface area (Å²) in [6.07, 6.45) is 1.69. The van der Waals surface area contributed by atoms with Crippen LogP contribution in [0.3, 0.4) is 0 Å². The van der Waals surface area contributed by atoms with Gasteiger partial charge in [-0.2, -0.15) is 0 Å². The Morgan fingerprint density at radius 1 is 1.00 bits per heavy atom. The maximum atomic E-state index is 12.8. The molecule has 2 aromatic carbocycles. The molecule has 0 radical (unpaired) electrons. The fourth-order valence-electron chi connectivity index (χ4n) is 3.47. The van der Waals surface area contributed by atoms with E-state index in [1.165, 1.54) is 11.3 Å². The van der Waals surface area contributed by atoms with E-state index in [2.05, 4.69) is 20.8 Å². The summed E-state index contributed by atoms with van der Waals surface area (Å²) in [5, 5.41) is 15.0. The Morgan fingerprint density at radius 2 is 1.80 bits per heavy atom. The second-order valence-corrected chi connectivity index (χ2v) is 8.43. The van der Waals surface area contributed by atoms with Crippen molar-refractivity contribution >= 4 is 34.6 Å². The van der Waals surface area contributed by atoms with E-state index in [1.54, 1.807) is 4.90 Å². The Bertz CT molecular complexity index is 1060. The van der Waals surface area contributed by atoms with Crippen LogP contribution in [0, 0.1) is 13.8 Å². The summed E-state index contributed by atoms with van der Waals surface area (Å²) >= 11 is 1.23. The molecule has 2 heterocycles. The molecule has 0 bridgehead atoms. The average Bonchev–Trinajstić information content (AvgIpc) is 3.39. The van der Waals surface area contributed by atoms with Crippen LogP contribution in [-0.4, -0.2) is 33.6 Å². The molecule has 2 N–H and O–H groups in total. The normalized spacial score (nSPS) is 15.8. The lowest BCUT2D eigenvalue weighted by atomic mass is 10.2. The third kappa shape index (κ3) is 4.49. The Labute approximate surface area is 179 Å². The fraction of sp³-hybridized carbons (Fsp3) is 0.273. The molecule has 0 aliphatic carbocycles. The molecule has 1 saturated heterocycles. The lowest BCUT2D eigenvalue weighted by molar-refractivity contribution is 0.102. The molecule has 3 aromatic rings. The van der Waals surface area contributed by atoms with E-state index in [1.807, 2.05) is 62.4 Å². The summed E-state index contributed by atoms with van der Waals surface area (Å²) in [4.78, 5) is 27.1. The topological polar surface area (TPSA) is 87.2 Å². The van der Waals surface area contributed by atoms with Crippen LogP contribution in [0.4, 0.5) is 16.2 Å². The van der Waals surface area contributed by atoms with Crippen LogP contribution in [0.1, 0.15) is 44.8 Å². The highest BCUT2D eigenvalue weighted by Crippen LogP contribution is 2.34. The lowest BCUT2D eigenvalue weighted by Crippen LogP contribution is -2.34. The lowest BCUT2D eigenvalue weighted by Gasteiger charge is -2.23. The highest BCUT2D eigenvalue weighted by molar-refractivity contribution is 7.13. The average molecular weight is 422 g/mol. The first kappa shape index (κ1) is 20.0. The molecular formula is C22H23N5O2S. The van der Waals surface area contributed by atoms with Crippen molar-refractivity contribution in [3.8, 4) is 0 Å². The van der Waals surface area contributed by atoms with Crippen molar-refractivity contribution in [2.45, 2.75) is 32.7 Å². The van der Waals surface area contributed by atoms with Gasteiger partial charge in [-0.3, -0.25) is 4.79 Å². The molecule has 7 nitrogen and oxygen atoms in total. The zero-order chi connectivity index (χ0) is 21.1. The van der Waals surface area contributed by atoms with Crippen molar-refractivity contribution < 1.29 is 9.59 Å². The van der Waals surface area contributed by atoms with E-state index >= 15 is 0 Å². The highest BCUT2D eigenvalue weighted by atomic mass is 32.1. The third-order valence-corrected chi connectivity index (χ3v) is 6.04. The van der Waals surface area contributed by atoms with E-state index < -0.39 is 0 Å². The Kier molecular flexibility index (Phi) is 5.76. The number of aryl methyl sites for hydroxylation is 2. The van der Waals surface area contributed by atoms with Crippen LogP contribution >= 0.6 is 11.3 Å². The van der Waals surface area contributed by atoms with Crippen molar-refractivity contribution in [2.24, 2.45) is 0 Å². The molecule has 4 rings (SSSR count). The molecule has 30 heavy (non-hydrogen) atoms. The number of urea groups is 1. The SMILES string of the molecule is Cc1ccc(NC(=O)c2nnc([C@@H]3CCCN3C(=O)Nc3cccc(C)c3)s2)cc1. The minimum Gasteiger partial charge on any atom is -0.320 e. The first-order chi connectivity index (χ1) is 14.5. The van der Waals surface area contributed by atoms with E-state index in [4.69, 9.17) is 0 Å². The summed E-state index contributed by atoms with van der Waals surface area (Å²) < 4.78 is 0. The van der Waals surface area contributed by atoms with Crippen molar-refractivity contribution in [3.63, 3.8) is 0 Å². The number of amides is 3. The number of hydrogen-bond donors (Lipinski definition) is 2. The molecule has 8 heteroatoms. The van der Waals surface area contributed by atoms with Gasteiger partial charge in [-0.05, 0) is 56.5 Å². The van der Waals surface area contributed by atoms with Gasteiger partial charge in [0.05, 0.1) is 6.04 Å². The van der Waals surface area contributed by atoms with E-state index in [9.17, 15) is 9.59 Å². The second-order valence-electron chi connectivity index (χ2n) is 7.42. The monoisotopic (exact) mass is 421 g/mol. The number of anilines is 2. The number of likely N-dealkylation sites (tertiary alicyclic amines) is 1. The van der Waals surface area contributed by atoms with Crippen LogP contribution in [-0.2, 0) is 0 Å². The Balaban J connectivity index is 1.44. The van der Waals surface area contributed by atoms with Gasteiger partial charge in [-0.1, -0.05) is 41.2 Å². The molecule has 1 aliphatic heterocycles. The van der Waals surface area contributed by atoms with Gasteiger partial charge in [-0.25, -0.2) is 4.79 Å². The summed E-state index contributed by atoms with van der Waals surface area (Å²) in [7, 11) is 0. The summed E-state index contributed by atoms with van der Waals surface area (Å²) in [6, 6.07) is 14.9. The molecule has 1 aliphatic rings. The van der Waals surface area contributed by atoms with E-state index in [0.717, 1.165) is 29.7 Å². The van der Waals surface area contributed by atoms with Crippen molar-refractivity contribution in [2.75, 3.05) is 17.2 Å². The van der Waals surface area contributed by atoms with Gasteiger partial charge in [-0.15, -0.1) is 10.2 Å². The van der Waals surface area contributed by atoms with Gasteiger partial charge in [0.25, 0.3) is 5.91 Å². The summed E-state index contributed by atoms with van der Waals surface area (Å²) in [6.45, 7) is 4.62. The third-order valence-electron chi connectivity index (χ3n) is 5.01. The molecule has 3 amide bonds. The van der Waals surface area contributed by atoms with Crippen molar-refractivity contribution in [3.05, 3.63) is 69.7 Å². The van der Waals surface area contributed by atoms with Crippen LogP contribution in [0.15, 0.2) is 48.5 Å². The van der Waals surface area contributed by atoms with Crippen LogP contribution in [0.5, 0.6) is 0 Å². The maximum Gasteiger partial charge on any atom is 0.322 e. The summed E-state index contributed by atoms with van der Waals surface area (Å²) in [5.41, 5.74) is 3.68. The van der Waals surface area contributed by atoms with Crippen LogP contribution < -0.4 is 10.6 Å². The van der Waals surface area contributed by atoms with Gasteiger partial charge in [0.1, 0.15) is 5.01 Å². The predicted octanol–water partition coefficient (Wildman–Crippen LogP) is 4.78. The van der Waals surface area contributed by atoms with Crippen LogP contribution in [0.25, 0.3) is 0 Å². The van der Waals surface area contributed by atoms with Crippen molar-refractivity contribution in [1.82, 2.24) is 15.1 Å². The molecule has 0 unspecified atom stereocenters. The molecule has 1 fully saturated rings. The predicted molar refractivity (Wildman–Crippen MR) is 118 cm³/mol. The summed E-state index contributed by atoms with van der Waals surface area (Å²) in [5.74, 6) is -0.295. The highest BCUT2D eigenvalue weighted by Gasteiger charge is 2.33. The van der Waals surface area contributed by atoms with Gasteiger partial charge < -0.3 is 15.5 Å². The zero-order valence-electron chi connectivity index (χ0n) is 16.9. The van der Waals surface area contributed by atoms with E-state index in [-0.39, 0.29) is 23.0 Å². The number of nitrogens with one attached hydrogen (secondary N) is 2. The van der Waals surface area contributed by atoms with Gasteiger partial charge in [0.2, 0.25) is 5.01 Å².